The van der Waals surface area contributed by atoms with Crippen molar-refractivity contribution < 1.29 is 4.79 Å². The molecule has 1 amide bonds. The quantitative estimate of drug-likeness (QED) is 0.885. The molecule has 0 saturated carbocycles. The third-order valence-electron chi connectivity index (χ3n) is 3.36. The molecule has 0 aliphatic carbocycles. The zero-order valence-electron chi connectivity index (χ0n) is 11.8. The van der Waals surface area contributed by atoms with Gasteiger partial charge in [-0.15, -0.1) is 0 Å². The van der Waals surface area contributed by atoms with Gasteiger partial charge in [0.25, 0.3) is 5.91 Å². The molecule has 0 bridgehead atoms. The maximum atomic E-state index is 12.3. The molecule has 4 heteroatoms. The number of nitrogens with one attached hydrogen (secondary N) is 1. The van der Waals surface area contributed by atoms with Gasteiger partial charge in [-0.25, -0.2) is 4.98 Å². The number of aromatic nitrogens is 1. The van der Waals surface area contributed by atoms with Crippen molar-refractivity contribution in [3.8, 4) is 0 Å². The first-order valence-corrected chi connectivity index (χ1v) is 7.81. The lowest BCUT2D eigenvalue weighted by molar-refractivity contribution is 0.0929. The van der Waals surface area contributed by atoms with E-state index in [1.54, 1.807) is 6.07 Å². The molecule has 20 heavy (non-hydrogen) atoms. The van der Waals surface area contributed by atoms with Gasteiger partial charge in [-0.3, -0.25) is 4.79 Å². The molecular weight excluding hydrogens is 316 g/mol. The fourth-order valence-corrected chi connectivity index (χ4v) is 2.79. The molecule has 2 aromatic rings. The van der Waals surface area contributed by atoms with Crippen molar-refractivity contribution in [2.24, 2.45) is 0 Å². The predicted molar refractivity (Wildman–Crippen MR) is 85.9 cm³/mol. The predicted octanol–water partition coefficient (Wildman–Crippen LogP) is 4.31. The monoisotopic (exact) mass is 334 g/mol. The smallest absolute Gasteiger partial charge is 0.270 e. The van der Waals surface area contributed by atoms with Gasteiger partial charge in [0.05, 0.1) is 5.52 Å². The molecule has 1 aromatic carbocycles. The number of fused-ring (bicyclic) bond motifs is 1. The molecule has 1 atom stereocenters. The number of nitrogens with zero attached hydrogens (tertiary/aromatic N) is 1. The molecule has 1 heterocycles. The van der Waals surface area contributed by atoms with Gasteiger partial charge < -0.3 is 5.32 Å². The number of benzene rings is 1. The standard InChI is InChI=1S/C16H19BrN2O/c1-3-7-11(4-2)18-16(20)15-10-13(17)12-8-5-6-9-14(12)19-15/h5-6,8-11H,3-4,7H2,1-2H3,(H,18,20). The second-order valence-corrected chi connectivity index (χ2v) is 5.73. The lowest BCUT2D eigenvalue weighted by Crippen LogP contribution is -2.34. The van der Waals surface area contributed by atoms with Gasteiger partial charge >= 0.3 is 0 Å². The second-order valence-electron chi connectivity index (χ2n) is 4.87. The molecular formula is C16H19BrN2O. The highest BCUT2D eigenvalue weighted by Gasteiger charge is 2.14. The van der Waals surface area contributed by atoms with Crippen LogP contribution in [0.3, 0.4) is 0 Å². The summed E-state index contributed by atoms with van der Waals surface area (Å²) in [5, 5.41) is 4.07. The van der Waals surface area contributed by atoms with Crippen LogP contribution in [0.15, 0.2) is 34.8 Å². The molecule has 0 aliphatic rings. The van der Waals surface area contributed by atoms with Crippen molar-refractivity contribution in [1.82, 2.24) is 10.3 Å². The largest absolute Gasteiger partial charge is 0.348 e. The van der Waals surface area contributed by atoms with E-state index in [0.29, 0.717) is 5.69 Å². The number of carbonyl (C=O) groups excluding carboxylic acids is 1. The number of hydrogen-bond acceptors (Lipinski definition) is 2. The summed E-state index contributed by atoms with van der Waals surface area (Å²) in [5.74, 6) is -0.100. The van der Waals surface area contributed by atoms with E-state index in [9.17, 15) is 4.79 Å². The van der Waals surface area contributed by atoms with E-state index in [-0.39, 0.29) is 11.9 Å². The molecule has 1 N–H and O–H groups in total. The van der Waals surface area contributed by atoms with Crippen LogP contribution >= 0.6 is 15.9 Å². The summed E-state index contributed by atoms with van der Waals surface area (Å²) in [6.07, 6.45) is 3.00. The molecule has 0 fully saturated rings. The molecule has 2 rings (SSSR count). The zero-order chi connectivity index (χ0) is 14.5. The molecule has 0 aliphatic heterocycles. The lowest BCUT2D eigenvalue weighted by atomic mass is 10.1. The Labute approximate surface area is 127 Å². The van der Waals surface area contributed by atoms with Gasteiger partial charge in [0.15, 0.2) is 0 Å². The zero-order valence-corrected chi connectivity index (χ0v) is 13.4. The van der Waals surface area contributed by atoms with E-state index in [1.807, 2.05) is 24.3 Å². The Balaban J connectivity index is 2.26. The van der Waals surface area contributed by atoms with Crippen molar-refractivity contribution in [3.05, 3.63) is 40.5 Å². The lowest BCUT2D eigenvalue weighted by Gasteiger charge is -2.16. The number of rotatable bonds is 5. The van der Waals surface area contributed by atoms with E-state index in [0.717, 1.165) is 34.6 Å². The molecule has 106 valence electrons. The number of pyridine rings is 1. The SMILES string of the molecule is CCCC(CC)NC(=O)c1cc(Br)c2ccccc2n1. The maximum absolute atomic E-state index is 12.3. The Kier molecular flexibility index (Phi) is 5.12. The van der Waals surface area contributed by atoms with Crippen LogP contribution in [0.5, 0.6) is 0 Å². The van der Waals surface area contributed by atoms with Crippen molar-refractivity contribution in [2.75, 3.05) is 0 Å². The summed E-state index contributed by atoms with van der Waals surface area (Å²) < 4.78 is 0.900. The number of halogens is 1. The normalized spacial score (nSPS) is 12.3. The van der Waals surface area contributed by atoms with E-state index < -0.39 is 0 Å². The van der Waals surface area contributed by atoms with Crippen LogP contribution in [0.25, 0.3) is 10.9 Å². The highest BCUT2D eigenvalue weighted by molar-refractivity contribution is 9.10. The van der Waals surface area contributed by atoms with Gasteiger partial charge in [-0.1, -0.05) is 54.4 Å². The van der Waals surface area contributed by atoms with Crippen LogP contribution in [0.2, 0.25) is 0 Å². The van der Waals surface area contributed by atoms with E-state index in [4.69, 9.17) is 0 Å². The molecule has 3 nitrogen and oxygen atoms in total. The summed E-state index contributed by atoms with van der Waals surface area (Å²) in [5.41, 5.74) is 1.29. The third-order valence-corrected chi connectivity index (χ3v) is 4.02. The first-order chi connectivity index (χ1) is 9.65. The summed E-state index contributed by atoms with van der Waals surface area (Å²) >= 11 is 3.51. The van der Waals surface area contributed by atoms with Crippen molar-refractivity contribution in [3.63, 3.8) is 0 Å². The summed E-state index contributed by atoms with van der Waals surface area (Å²) in [6.45, 7) is 4.21. The van der Waals surface area contributed by atoms with Crippen LogP contribution in [0, 0.1) is 0 Å². The van der Waals surface area contributed by atoms with Gasteiger partial charge in [0.2, 0.25) is 0 Å². The fraction of sp³-hybridized carbons (Fsp3) is 0.375. The Bertz CT molecular complexity index is 612. The molecule has 1 aromatic heterocycles. The number of para-hydroxylation sites is 1. The van der Waals surface area contributed by atoms with Gasteiger partial charge in [0.1, 0.15) is 5.69 Å². The number of hydrogen-bond donors (Lipinski definition) is 1. The third kappa shape index (κ3) is 3.37. The average Bonchev–Trinajstić information content (AvgIpc) is 2.46. The molecule has 0 saturated heterocycles. The second kappa shape index (κ2) is 6.84. The number of amides is 1. The average molecular weight is 335 g/mol. The number of carbonyl (C=O) groups is 1. The van der Waals surface area contributed by atoms with Crippen LogP contribution in [-0.2, 0) is 0 Å². The first-order valence-electron chi connectivity index (χ1n) is 7.01. The van der Waals surface area contributed by atoms with Crippen LogP contribution < -0.4 is 5.32 Å². The van der Waals surface area contributed by atoms with Crippen LogP contribution in [0.1, 0.15) is 43.6 Å². The molecule has 1 unspecified atom stereocenters. The van der Waals surface area contributed by atoms with E-state index >= 15 is 0 Å². The highest BCUT2D eigenvalue weighted by atomic mass is 79.9. The minimum Gasteiger partial charge on any atom is -0.348 e. The minimum absolute atomic E-state index is 0.100. The van der Waals surface area contributed by atoms with Gasteiger partial charge in [0, 0.05) is 15.9 Å². The highest BCUT2D eigenvalue weighted by Crippen LogP contribution is 2.23. The van der Waals surface area contributed by atoms with E-state index in [1.165, 1.54) is 0 Å². The maximum Gasteiger partial charge on any atom is 0.270 e. The van der Waals surface area contributed by atoms with Crippen LogP contribution in [0.4, 0.5) is 0 Å². The van der Waals surface area contributed by atoms with Gasteiger partial charge in [-0.2, -0.15) is 0 Å². The Morgan fingerprint density at radius 3 is 2.80 bits per heavy atom. The van der Waals surface area contributed by atoms with Crippen molar-refractivity contribution >= 4 is 32.7 Å². The topological polar surface area (TPSA) is 42.0 Å². The summed E-state index contributed by atoms with van der Waals surface area (Å²) in [7, 11) is 0. The molecule has 0 radical (unpaired) electrons. The Morgan fingerprint density at radius 1 is 1.35 bits per heavy atom. The summed E-state index contributed by atoms with van der Waals surface area (Å²) in [4.78, 5) is 16.7. The van der Waals surface area contributed by atoms with Gasteiger partial charge in [-0.05, 0) is 25.0 Å². The van der Waals surface area contributed by atoms with Crippen molar-refractivity contribution in [2.45, 2.75) is 39.2 Å². The summed E-state index contributed by atoms with van der Waals surface area (Å²) in [6, 6.07) is 9.80. The fourth-order valence-electron chi connectivity index (χ4n) is 2.24. The van der Waals surface area contributed by atoms with E-state index in [2.05, 4.69) is 40.1 Å². The van der Waals surface area contributed by atoms with Crippen molar-refractivity contribution in [1.29, 1.82) is 0 Å². The van der Waals surface area contributed by atoms with Crippen LogP contribution in [-0.4, -0.2) is 16.9 Å². The Hall–Kier alpha value is -1.42. The molecule has 0 spiro atoms. The minimum atomic E-state index is -0.100. The first kappa shape index (κ1) is 15.0. The Morgan fingerprint density at radius 2 is 2.10 bits per heavy atom.